The van der Waals surface area contributed by atoms with Crippen LogP contribution in [0.4, 0.5) is 0 Å². The Morgan fingerprint density at radius 3 is 2.48 bits per heavy atom. The summed E-state index contributed by atoms with van der Waals surface area (Å²) in [7, 11) is 0. The molecule has 0 saturated heterocycles. The molecule has 0 radical (unpaired) electrons. The van der Waals surface area contributed by atoms with Gasteiger partial charge in [0.25, 0.3) is 0 Å². The highest BCUT2D eigenvalue weighted by Gasteiger charge is 2.36. The second-order valence-corrected chi connectivity index (χ2v) is 9.19. The van der Waals surface area contributed by atoms with Crippen molar-refractivity contribution in [2.75, 3.05) is 6.61 Å². The van der Waals surface area contributed by atoms with E-state index in [-0.39, 0.29) is 24.3 Å². The lowest BCUT2D eigenvalue weighted by atomic mass is 9.75. The van der Waals surface area contributed by atoms with E-state index in [0.29, 0.717) is 29.0 Å². The van der Waals surface area contributed by atoms with Gasteiger partial charge in [0.2, 0.25) is 0 Å². The summed E-state index contributed by atoms with van der Waals surface area (Å²) in [5.41, 5.74) is 1.31. The number of hydrogen-bond acceptors (Lipinski definition) is 5. The summed E-state index contributed by atoms with van der Waals surface area (Å²) >= 11 is 0. The molecule has 3 unspecified atom stereocenters. The average molecular weight is 405 g/mol. The number of aromatic amines is 1. The van der Waals surface area contributed by atoms with Gasteiger partial charge in [-0.1, -0.05) is 46.5 Å². The van der Waals surface area contributed by atoms with Crippen molar-refractivity contribution in [3.63, 3.8) is 0 Å². The number of ether oxygens (including phenoxy) is 2. The van der Waals surface area contributed by atoms with E-state index in [0.717, 1.165) is 38.5 Å². The maximum Gasteiger partial charge on any atom is 0.359 e. The van der Waals surface area contributed by atoms with Crippen LogP contribution in [0.2, 0.25) is 0 Å². The fourth-order valence-electron chi connectivity index (χ4n) is 5.10. The van der Waals surface area contributed by atoms with Crippen LogP contribution >= 0.6 is 0 Å². The first-order chi connectivity index (χ1) is 13.9. The number of rotatable bonds is 6. The Morgan fingerprint density at radius 2 is 1.83 bits per heavy atom. The minimum Gasteiger partial charge on any atom is -0.461 e. The normalized spacial score (nSPS) is 25.8. The molecule has 2 aliphatic rings. The number of nitrogens with zero attached hydrogens (tertiary/aromatic N) is 1. The SMILES string of the molecule is CCOC(=O)c1[nH]nc(C(=O)OC2CC(C)CCC2C(C)C)c1C1CCCCC1. The van der Waals surface area contributed by atoms with Crippen LogP contribution in [0.25, 0.3) is 0 Å². The standard InChI is InChI=1S/C23H36N2O4/c1-5-28-22(26)20-19(16-9-7-6-8-10-16)21(25-24-20)23(27)29-18-13-15(4)11-12-17(18)14(2)3/h14-18H,5-13H2,1-4H3,(H,24,25). The largest absolute Gasteiger partial charge is 0.461 e. The van der Waals surface area contributed by atoms with Crippen LogP contribution in [0.15, 0.2) is 0 Å². The van der Waals surface area contributed by atoms with Crippen molar-refractivity contribution in [1.29, 1.82) is 0 Å². The van der Waals surface area contributed by atoms with Gasteiger partial charge in [0, 0.05) is 5.56 Å². The molecule has 0 aromatic carbocycles. The molecule has 2 saturated carbocycles. The molecule has 1 aromatic heterocycles. The first kappa shape index (κ1) is 21.8. The van der Waals surface area contributed by atoms with Crippen LogP contribution in [0, 0.1) is 17.8 Å². The summed E-state index contributed by atoms with van der Waals surface area (Å²) < 4.78 is 11.2. The van der Waals surface area contributed by atoms with Crippen molar-refractivity contribution in [1.82, 2.24) is 10.2 Å². The van der Waals surface area contributed by atoms with Crippen LogP contribution in [0.5, 0.6) is 0 Å². The Hall–Kier alpha value is -1.85. The molecular weight excluding hydrogens is 368 g/mol. The maximum atomic E-state index is 13.2. The predicted octanol–water partition coefficient (Wildman–Crippen LogP) is 5.25. The Balaban J connectivity index is 1.86. The topological polar surface area (TPSA) is 81.3 Å². The van der Waals surface area contributed by atoms with Gasteiger partial charge in [0.15, 0.2) is 5.69 Å². The van der Waals surface area contributed by atoms with E-state index in [1.165, 1.54) is 12.8 Å². The number of carbonyl (C=O) groups is 2. The molecule has 29 heavy (non-hydrogen) atoms. The monoisotopic (exact) mass is 404 g/mol. The highest BCUT2D eigenvalue weighted by molar-refractivity contribution is 5.96. The lowest BCUT2D eigenvalue weighted by molar-refractivity contribution is -0.0180. The third kappa shape index (κ3) is 5.01. The lowest BCUT2D eigenvalue weighted by Gasteiger charge is -2.36. The average Bonchev–Trinajstić information content (AvgIpc) is 3.14. The van der Waals surface area contributed by atoms with E-state index in [1.54, 1.807) is 6.92 Å². The van der Waals surface area contributed by atoms with Gasteiger partial charge >= 0.3 is 11.9 Å². The van der Waals surface area contributed by atoms with Gasteiger partial charge in [-0.15, -0.1) is 0 Å². The van der Waals surface area contributed by atoms with Gasteiger partial charge in [0.05, 0.1) is 6.61 Å². The number of hydrogen-bond donors (Lipinski definition) is 1. The van der Waals surface area contributed by atoms with Crippen molar-refractivity contribution in [2.24, 2.45) is 17.8 Å². The van der Waals surface area contributed by atoms with Gasteiger partial charge in [-0.25, -0.2) is 9.59 Å². The van der Waals surface area contributed by atoms with Crippen molar-refractivity contribution < 1.29 is 19.1 Å². The number of esters is 2. The molecule has 1 aromatic rings. The fraction of sp³-hybridized carbons (Fsp3) is 0.783. The highest BCUT2D eigenvalue weighted by Crippen LogP contribution is 2.38. The Morgan fingerprint density at radius 1 is 1.10 bits per heavy atom. The van der Waals surface area contributed by atoms with Gasteiger partial charge in [-0.3, -0.25) is 5.10 Å². The summed E-state index contributed by atoms with van der Waals surface area (Å²) in [6, 6.07) is 0. The van der Waals surface area contributed by atoms with E-state index in [1.807, 2.05) is 0 Å². The molecular formula is C23H36N2O4. The second kappa shape index (κ2) is 9.77. The zero-order valence-corrected chi connectivity index (χ0v) is 18.3. The van der Waals surface area contributed by atoms with E-state index >= 15 is 0 Å². The third-order valence-corrected chi connectivity index (χ3v) is 6.71. The number of aromatic nitrogens is 2. The second-order valence-electron chi connectivity index (χ2n) is 9.19. The molecule has 2 fully saturated rings. The first-order valence-corrected chi connectivity index (χ1v) is 11.4. The van der Waals surface area contributed by atoms with Crippen LogP contribution in [-0.2, 0) is 9.47 Å². The van der Waals surface area contributed by atoms with Crippen molar-refractivity contribution in [3.05, 3.63) is 17.0 Å². The first-order valence-electron chi connectivity index (χ1n) is 11.4. The van der Waals surface area contributed by atoms with Crippen molar-refractivity contribution >= 4 is 11.9 Å². The van der Waals surface area contributed by atoms with Crippen LogP contribution in [-0.4, -0.2) is 34.8 Å². The summed E-state index contributed by atoms with van der Waals surface area (Å²) in [5.74, 6) is 0.697. The van der Waals surface area contributed by atoms with Crippen molar-refractivity contribution in [3.8, 4) is 0 Å². The maximum absolute atomic E-state index is 13.2. The molecule has 6 heteroatoms. The van der Waals surface area contributed by atoms with Gasteiger partial charge in [0.1, 0.15) is 11.8 Å². The molecule has 2 aliphatic carbocycles. The van der Waals surface area contributed by atoms with E-state index < -0.39 is 11.9 Å². The smallest absolute Gasteiger partial charge is 0.359 e. The lowest BCUT2D eigenvalue weighted by Crippen LogP contribution is -2.36. The van der Waals surface area contributed by atoms with Gasteiger partial charge < -0.3 is 9.47 Å². The van der Waals surface area contributed by atoms with Crippen LogP contribution < -0.4 is 0 Å². The molecule has 0 amide bonds. The molecule has 0 spiro atoms. The minimum absolute atomic E-state index is 0.0896. The number of carbonyl (C=O) groups excluding carboxylic acids is 2. The molecule has 1 N–H and O–H groups in total. The summed E-state index contributed by atoms with van der Waals surface area (Å²) in [6.45, 7) is 8.68. The number of H-pyrrole nitrogens is 1. The van der Waals surface area contributed by atoms with Gasteiger partial charge in [-0.05, 0) is 56.3 Å². The predicted molar refractivity (Wildman–Crippen MR) is 111 cm³/mol. The summed E-state index contributed by atoms with van der Waals surface area (Å²) in [6.07, 6.45) is 8.38. The Kier molecular flexibility index (Phi) is 7.36. The Labute approximate surface area is 174 Å². The summed E-state index contributed by atoms with van der Waals surface area (Å²) in [4.78, 5) is 25.7. The fourth-order valence-corrected chi connectivity index (χ4v) is 5.10. The quantitative estimate of drug-likeness (QED) is 0.655. The van der Waals surface area contributed by atoms with Crippen LogP contribution in [0.3, 0.4) is 0 Å². The van der Waals surface area contributed by atoms with E-state index in [4.69, 9.17) is 9.47 Å². The van der Waals surface area contributed by atoms with Crippen molar-refractivity contribution in [2.45, 2.75) is 91.1 Å². The summed E-state index contributed by atoms with van der Waals surface area (Å²) in [5, 5.41) is 7.04. The molecule has 162 valence electrons. The highest BCUT2D eigenvalue weighted by atomic mass is 16.5. The molecule has 0 bridgehead atoms. The van der Waals surface area contributed by atoms with Gasteiger partial charge in [-0.2, -0.15) is 5.10 Å². The minimum atomic E-state index is -0.439. The van der Waals surface area contributed by atoms with Crippen LogP contribution in [0.1, 0.15) is 112 Å². The van der Waals surface area contributed by atoms with E-state index in [2.05, 4.69) is 31.0 Å². The zero-order chi connectivity index (χ0) is 21.0. The van der Waals surface area contributed by atoms with E-state index in [9.17, 15) is 9.59 Å². The Bertz CT molecular complexity index is 706. The molecule has 0 aliphatic heterocycles. The molecule has 1 heterocycles. The molecule has 6 nitrogen and oxygen atoms in total. The zero-order valence-electron chi connectivity index (χ0n) is 18.3. The molecule has 3 rings (SSSR count). The third-order valence-electron chi connectivity index (χ3n) is 6.71. The molecule has 3 atom stereocenters. The number of nitrogens with one attached hydrogen (secondary N) is 1.